The van der Waals surface area contributed by atoms with Crippen molar-refractivity contribution in [2.45, 2.75) is 12.8 Å². The molecule has 0 fully saturated rings. The molecule has 0 aliphatic heterocycles. The van der Waals surface area contributed by atoms with Crippen molar-refractivity contribution in [3.8, 4) is 5.75 Å². The van der Waals surface area contributed by atoms with Crippen LogP contribution in [-0.4, -0.2) is 17.7 Å². The summed E-state index contributed by atoms with van der Waals surface area (Å²) in [7, 11) is 0. The second-order valence-corrected chi connectivity index (χ2v) is 5.67. The van der Waals surface area contributed by atoms with Crippen molar-refractivity contribution in [2.24, 2.45) is 0 Å². The topological polar surface area (TPSA) is 26.3 Å². The fourth-order valence-corrected chi connectivity index (χ4v) is 2.36. The third-order valence-corrected chi connectivity index (χ3v) is 3.70. The summed E-state index contributed by atoms with van der Waals surface area (Å²) in [4.78, 5) is 12.0. The first kappa shape index (κ1) is 16.5. The van der Waals surface area contributed by atoms with Gasteiger partial charge in [-0.15, -0.1) is 0 Å². The maximum atomic E-state index is 12.0. The zero-order valence-electron chi connectivity index (χ0n) is 12.4. The highest BCUT2D eigenvalue weighted by molar-refractivity contribution is 9.09. The minimum atomic E-state index is 0.00393. The summed E-state index contributed by atoms with van der Waals surface area (Å²) in [6.45, 7) is 0.710. The Labute approximate surface area is 139 Å². The van der Waals surface area contributed by atoms with Gasteiger partial charge in [0.1, 0.15) is 5.75 Å². The van der Waals surface area contributed by atoms with Crippen LogP contribution in [0.25, 0.3) is 6.08 Å². The van der Waals surface area contributed by atoms with E-state index in [-0.39, 0.29) is 5.78 Å². The molecule has 0 bridgehead atoms. The summed E-state index contributed by atoms with van der Waals surface area (Å²) >= 11 is 3.40. The van der Waals surface area contributed by atoms with Gasteiger partial charge in [-0.25, -0.2) is 0 Å². The smallest absolute Gasteiger partial charge is 0.185 e. The third-order valence-electron chi connectivity index (χ3n) is 3.14. The normalized spacial score (nSPS) is 10.8. The minimum absolute atomic E-state index is 0.00393. The summed E-state index contributed by atoms with van der Waals surface area (Å²) in [5.74, 6) is 0.841. The Morgan fingerprint density at radius 2 is 1.86 bits per heavy atom. The zero-order chi connectivity index (χ0) is 15.6. The molecule has 22 heavy (non-hydrogen) atoms. The fourth-order valence-electron chi connectivity index (χ4n) is 1.97. The van der Waals surface area contributed by atoms with E-state index in [1.807, 2.05) is 60.7 Å². The lowest BCUT2D eigenvalue weighted by molar-refractivity contribution is 0.104. The number of halogens is 1. The van der Waals surface area contributed by atoms with E-state index in [1.54, 1.807) is 6.08 Å². The number of hydrogen-bond donors (Lipinski definition) is 0. The molecule has 0 aliphatic carbocycles. The predicted octanol–water partition coefficient (Wildman–Crippen LogP) is 5.14. The molecule has 0 saturated carbocycles. The minimum Gasteiger partial charge on any atom is -0.494 e. The number of carbonyl (C=O) groups is 1. The quantitative estimate of drug-likeness (QED) is 0.282. The standard InChI is InChI=1S/C19H19BrO2/c20-13-4-5-14-22-18-10-6-7-16(15-18)11-12-19(21)17-8-2-1-3-9-17/h1-3,6-12,15H,4-5,13-14H2/b12-11+. The number of alkyl halides is 1. The molecule has 0 radical (unpaired) electrons. The lowest BCUT2D eigenvalue weighted by Gasteiger charge is -2.06. The second kappa shape index (κ2) is 9.21. The van der Waals surface area contributed by atoms with E-state index in [1.165, 1.54) is 0 Å². The van der Waals surface area contributed by atoms with Crippen LogP contribution in [-0.2, 0) is 0 Å². The highest BCUT2D eigenvalue weighted by Gasteiger charge is 2.00. The van der Waals surface area contributed by atoms with Crippen molar-refractivity contribution in [3.63, 3.8) is 0 Å². The third kappa shape index (κ3) is 5.49. The maximum Gasteiger partial charge on any atom is 0.185 e. The molecule has 0 atom stereocenters. The molecule has 0 spiro atoms. The summed E-state index contributed by atoms with van der Waals surface area (Å²) < 4.78 is 5.70. The van der Waals surface area contributed by atoms with Gasteiger partial charge in [-0.3, -0.25) is 4.79 Å². The fraction of sp³-hybridized carbons (Fsp3) is 0.211. The summed E-state index contributed by atoms with van der Waals surface area (Å²) in [6, 6.07) is 17.0. The van der Waals surface area contributed by atoms with Crippen molar-refractivity contribution in [3.05, 3.63) is 71.8 Å². The van der Waals surface area contributed by atoms with Crippen molar-refractivity contribution < 1.29 is 9.53 Å². The summed E-state index contributed by atoms with van der Waals surface area (Å²) in [6.07, 6.45) is 5.54. The van der Waals surface area contributed by atoms with Gasteiger partial charge < -0.3 is 4.74 Å². The van der Waals surface area contributed by atoms with Gasteiger partial charge in [0.2, 0.25) is 0 Å². The van der Waals surface area contributed by atoms with Gasteiger partial charge in [0, 0.05) is 10.9 Å². The molecular formula is C19H19BrO2. The first-order valence-corrected chi connectivity index (χ1v) is 8.48. The van der Waals surface area contributed by atoms with Crippen LogP contribution < -0.4 is 4.74 Å². The highest BCUT2D eigenvalue weighted by Crippen LogP contribution is 2.15. The molecule has 0 aliphatic rings. The SMILES string of the molecule is O=C(/C=C/c1cccc(OCCCCBr)c1)c1ccccc1. The molecular weight excluding hydrogens is 340 g/mol. The van der Waals surface area contributed by atoms with Gasteiger partial charge in [0.25, 0.3) is 0 Å². The van der Waals surface area contributed by atoms with Gasteiger partial charge in [-0.1, -0.05) is 64.5 Å². The zero-order valence-corrected chi connectivity index (χ0v) is 14.0. The van der Waals surface area contributed by atoms with Crippen LogP contribution in [0.4, 0.5) is 0 Å². The van der Waals surface area contributed by atoms with Gasteiger partial charge in [-0.05, 0) is 36.6 Å². The predicted molar refractivity (Wildman–Crippen MR) is 94.8 cm³/mol. The number of hydrogen-bond acceptors (Lipinski definition) is 2. The lowest BCUT2D eigenvalue weighted by atomic mass is 10.1. The lowest BCUT2D eigenvalue weighted by Crippen LogP contribution is -1.97. The van der Waals surface area contributed by atoms with Crippen LogP contribution in [0.2, 0.25) is 0 Å². The molecule has 2 nitrogen and oxygen atoms in total. The first-order valence-electron chi connectivity index (χ1n) is 7.36. The van der Waals surface area contributed by atoms with E-state index in [2.05, 4.69) is 15.9 Å². The molecule has 0 amide bonds. The average Bonchev–Trinajstić information content (AvgIpc) is 2.58. The number of allylic oxidation sites excluding steroid dienone is 1. The molecule has 0 aromatic heterocycles. The van der Waals surface area contributed by atoms with E-state index >= 15 is 0 Å². The molecule has 0 unspecified atom stereocenters. The van der Waals surface area contributed by atoms with Crippen LogP contribution in [0.15, 0.2) is 60.7 Å². The largest absolute Gasteiger partial charge is 0.494 e. The highest BCUT2D eigenvalue weighted by atomic mass is 79.9. The van der Waals surface area contributed by atoms with Crippen LogP contribution in [0.5, 0.6) is 5.75 Å². The number of carbonyl (C=O) groups excluding carboxylic acids is 1. The maximum absolute atomic E-state index is 12.0. The average molecular weight is 359 g/mol. The molecule has 2 aromatic carbocycles. The molecule has 0 saturated heterocycles. The van der Waals surface area contributed by atoms with E-state index < -0.39 is 0 Å². The Morgan fingerprint density at radius 1 is 1.05 bits per heavy atom. The Hall–Kier alpha value is -1.87. The molecule has 2 aromatic rings. The van der Waals surface area contributed by atoms with Gasteiger partial charge >= 0.3 is 0 Å². The molecule has 0 N–H and O–H groups in total. The van der Waals surface area contributed by atoms with Crippen molar-refractivity contribution in [2.75, 3.05) is 11.9 Å². The van der Waals surface area contributed by atoms with E-state index in [4.69, 9.17) is 4.74 Å². The van der Waals surface area contributed by atoms with Crippen LogP contribution in [0.1, 0.15) is 28.8 Å². The molecule has 2 rings (SSSR count). The second-order valence-electron chi connectivity index (χ2n) is 4.88. The van der Waals surface area contributed by atoms with Gasteiger partial charge in [-0.2, -0.15) is 0 Å². The Bertz CT molecular complexity index is 620. The number of rotatable bonds is 8. The van der Waals surface area contributed by atoms with Gasteiger partial charge in [0.15, 0.2) is 5.78 Å². The first-order chi connectivity index (χ1) is 10.8. The molecule has 3 heteroatoms. The number of benzene rings is 2. The number of unbranched alkanes of at least 4 members (excludes halogenated alkanes) is 1. The van der Waals surface area contributed by atoms with Crippen molar-refractivity contribution >= 4 is 27.8 Å². The Kier molecular flexibility index (Phi) is 6.91. The van der Waals surface area contributed by atoms with Crippen LogP contribution in [0.3, 0.4) is 0 Å². The van der Waals surface area contributed by atoms with E-state index in [9.17, 15) is 4.79 Å². The Morgan fingerprint density at radius 3 is 2.64 bits per heavy atom. The molecule has 114 valence electrons. The monoisotopic (exact) mass is 358 g/mol. The van der Waals surface area contributed by atoms with Crippen molar-refractivity contribution in [1.82, 2.24) is 0 Å². The van der Waals surface area contributed by atoms with Crippen LogP contribution in [0, 0.1) is 0 Å². The van der Waals surface area contributed by atoms with Crippen LogP contribution >= 0.6 is 15.9 Å². The Balaban J connectivity index is 1.95. The summed E-state index contributed by atoms with van der Waals surface area (Å²) in [5.41, 5.74) is 1.66. The van der Waals surface area contributed by atoms with Gasteiger partial charge in [0.05, 0.1) is 6.61 Å². The van der Waals surface area contributed by atoms with E-state index in [0.29, 0.717) is 12.2 Å². The number of ether oxygens (including phenoxy) is 1. The number of ketones is 1. The van der Waals surface area contributed by atoms with E-state index in [0.717, 1.165) is 29.5 Å². The van der Waals surface area contributed by atoms with Crippen molar-refractivity contribution in [1.29, 1.82) is 0 Å². The summed E-state index contributed by atoms with van der Waals surface area (Å²) in [5, 5.41) is 1.00. The molecule has 0 heterocycles.